The Hall–Kier alpha value is 0.820. The van der Waals surface area contributed by atoms with Crippen LogP contribution in [0.1, 0.15) is 0 Å². The Morgan fingerprint density at radius 1 is 0.833 bits per heavy atom. The lowest BCUT2D eigenvalue weighted by atomic mass is 9.93. The first kappa shape index (κ1) is 36.4. The molecule has 5 N–H and O–H groups in total. The maximum Gasteiger partial charge on any atom is 0.313 e. The number of aliphatic hydroxyl groups excluding tert-OH is 4. The fraction of sp³-hybridized carbons (Fsp3) is 0.857. The second-order valence-corrected chi connectivity index (χ2v) is 3.00. The van der Waals surface area contributed by atoms with Crippen molar-refractivity contribution in [3.63, 3.8) is 0 Å². The van der Waals surface area contributed by atoms with E-state index in [1.54, 1.807) is 0 Å². The Kier molecular flexibility index (Phi) is 46.4. The second-order valence-electron chi connectivity index (χ2n) is 2.68. The van der Waals surface area contributed by atoms with E-state index in [-0.39, 0.29) is 55.4 Å². The Bertz CT molecular complexity index is 143. The number of halogens is 4. The third-order valence-corrected chi connectivity index (χ3v) is 1.75. The molecule has 0 fully saturated rings. The number of aliphatic carboxylic acids is 1. The zero-order valence-electron chi connectivity index (χ0n) is 9.26. The highest BCUT2D eigenvalue weighted by Crippen LogP contribution is 2.11. The van der Waals surface area contributed by atoms with E-state index >= 15 is 0 Å². The number of hydrogen-bond donors (Lipinski definition) is 6. The van der Waals surface area contributed by atoms with Crippen LogP contribution < -0.4 is 0 Å². The standard InChI is InChI=1S/C5H12O4.C2H4O2S.4ClH/c6-1-5(2-7,3-8)4-9;3-2(4)1-5;;;;/h6-9H,1-4H2;5H,1H2,(H,3,4);4*1H. The summed E-state index contributed by atoms with van der Waals surface area (Å²) >= 11 is 3.42. The zero-order chi connectivity index (χ0) is 11.6. The first-order chi connectivity index (χ1) is 6.51. The van der Waals surface area contributed by atoms with Crippen molar-refractivity contribution < 1.29 is 30.3 Å². The largest absolute Gasteiger partial charge is 0.481 e. The predicted molar refractivity (Wildman–Crippen MR) is 81.3 cm³/mol. The Morgan fingerprint density at radius 3 is 1.00 bits per heavy atom. The van der Waals surface area contributed by atoms with Crippen LogP contribution in [0.4, 0.5) is 0 Å². The van der Waals surface area contributed by atoms with E-state index in [0.717, 1.165) is 0 Å². The molecule has 0 saturated carbocycles. The number of hydrogen-bond acceptors (Lipinski definition) is 6. The van der Waals surface area contributed by atoms with Gasteiger partial charge in [0.2, 0.25) is 0 Å². The molecule has 118 valence electrons. The van der Waals surface area contributed by atoms with Gasteiger partial charge in [-0.15, -0.1) is 49.6 Å². The molecule has 0 heterocycles. The maximum absolute atomic E-state index is 9.29. The lowest BCUT2D eigenvalue weighted by Crippen LogP contribution is -2.37. The molecule has 0 aliphatic rings. The van der Waals surface area contributed by atoms with Crippen molar-refractivity contribution in [2.75, 3.05) is 32.2 Å². The van der Waals surface area contributed by atoms with Crippen LogP contribution in [-0.2, 0) is 4.79 Å². The highest BCUT2D eigenvalue weighted by molar-refractivity contribution is 7.81. The first-order valence-corrected chi connectivity index (χ1v) is 4.41. The topological polar surface area (TPSA) is 118 Å². The smallest absolute Gasteiger partial charge is 0.313 e. The summed E-state index contributed by atoms with van der Waals surface area (Å²) in [6.07, 6.45) is 0. The van der Waals surface area contributed by atoms with E-state index in [2.05, 4.69) is 12.6 Å². The molecule has 0 radical (unpaired) electrons. The van der Waals surface area contributed by atoms with Gasteiger partial charge in [-0.3, -0.25) is 4.79 Å². The van der Waals surface area contributed by atoms with Crippen LogP contribution >= 0.6 is 62.3 Å². The van der Waals surface area contributed by atoms with E-state index in [9.17, 15) is 4.79 Å². The van der Waals surface area contributed by atoms with Crippen LogP contribution in [0.3, 0.4) is 0 Å². The van der Waals surface area contributed by atoms with Crippen molar-refractivity contribution in [3.8, 4) is 0 Å². The molecule has 0 bridgehead atoms. The molecular weight excluding hydrogens is 354 g/mol. The normalized spacial score (nSPS) is 8.06. The molecule has 0 aromatic carbocycles. The van der Waals surface area contributed by atoms with Crippen molar-refractivity contribution >= 4 is 68.2 Å². The summed E-state index contributed by atoms with van der Waals surface area (Å²) in [5.74, 6) is -0.965. The Balaban J connectivity index is -0.0000000359. The summed E-state index contributed by atoms with van der Waals surface area (Å²) in [7, 11) is 0. The molecule has 0 amide bonds. The summed E-state index contributed by atoms with van der Waals surface area (Å²) in [6, 6.07) is 0. The van der Waals surface area contributed by atoms with Crippen molar-refractivity contribution in [2.24, 2.45) is 5.41 Å². The maximum atomic E-state index is 9.29. The molecule has 0 spiro atoms. The highest BCUT2D eigenvalue weighted by atomic mass is 35.5. The van der Waals surface area contributed by atoms with Crippen LogP contribution in [-0.4, -0.2) is 63.7 Å². The van der Waals surface area contributed by atoms with Crippen LogP contribution in [0.5, 0.6) is 0 Å². The van der Waals surface area contributed by atoms with Crippen LogP contribution in [0.15, 0.2) is 0 Å². The number of aliphatic hydroxyl groups is 4. The summed E-state index contributed by atoms with van der Waals surface area (Å²) in [4.78, 5) is 9.29. The summed E-state index contributed by atoms with van der Waals surface area (Å²) in [5, 5.41) is 41.6. The molecule has 18 heavy (non-hydrogen) atoms. The van der Waals surface area contributed by atoms with Gasteiger partial charge < -0.3 is 25.5 Å². The molecule has 6 nitrogen and oxygen atoms in total. The van der Waals surface area contributed by atoms with Crippen LogP contribution in [0.2, 0.25) is 0 Å². The van der Waals surface area contributed by atoms with Crippen LogP contribution in [0, 0.1) is 5.41 Å². The molecular formula is C7H20Cl4O6S. The number of carbonyl (C=O) groups is 1. The van der Waals surface area contributed by atoms with Gasteiger partial charge in [0.15, 0.2) is 0 Å². The third-order valence-electron chi connectivity index (χ3n) is 1.48. The number of carboxylic acids is 1. The summed E-state index contributed by atoms with van der Waals surface area (Å²) in [5.41, 5.74) is -1.11. The average Bonchev–Trinajstić information content (AvgIpc) is 2.23. The van der Waals surface area contributed by atoms with E-state index < -0.39 is 37.8 Å². The number of carboxylic acid groups (broad SMARTS) is 1. The minimum atomic E-state index is -1.11. The lowest BCUT2D eigenvalue weighted by molar-refractivity contribution is -0.133. The fourth-order valence-electron chi connectivity index (χ4n) is 0.300. The first-order valence-electron chi connectivity index (χ1n) is 3.78. The molecule has 0 saturated heterocycles. The SMILES string of the molecule is Cl.Cl.Cl.Cl.O=C(O)CS.OCC(CO)(CO)CO. The van der Waals surface area contributed by atoms with Gasteiger partial charge in [0.05, 0.1) is 37.6 Å². The summed E-state index contributed by atoms with van der Waals surface area (Å²) < 4.78 is 0. The molecule has 0 unspecified atom stereocenters. The zero-order valence-corrected chi connectivity index (χ0v) is 13.4. The monoisotopic (exact) mass is 372 g/mol. The Morgan fingerprint density at radius 2 is 1.00 bits per heavy atom. The quantitative estimate of drug-likeness (QED) is 0.366. The average molecular weight is 374 g/mol. The minimum absolute atomic E-state index is 0. The van der Waals surface area contributed by atoms with Crippen molar-refractivity contribution in [3.05, 3.63) is 0 Å². The second kappa shape index (κ2) is 23.0. The van der Waals surface area contributed by atoms with E-state index in [1.165, 1.54) is 0 Å². The van der Waals surface area contributed by atoms with E-state index in [0.29, 0.717) is 0 Å². The Labute approximate surface area is 136 Å². The van der Waals surface area contributed by atoms with Crippen molar-refractivity contribution in [1.82, 2.24) is 0 Å². The van der Waals surface area contributed by atoms with Gasteiger partial charge in [-0.1, -0.05) is 0 Å². The van der Waals surface area contributed by atoms with Crippen molar-refractivity contribution in [1.29, 1.82) is 0 Å². The predicted octanol–water partition coefficient (Wildman–Crippen LogP) is -0.370. The highest BCUT2D eigenvalue weighted by Gasteiger charge is 2.26. The lowest BCUT2D eigenvalue weighted by Gasteiger charge is -2.23. The molecule has 0 aromatic heterocycles. The van der Waals surface area contributed by atoms with Gasteiger partial charge in [-0.05, 0) is 0 Å². The van der Waals surface area contributed by atoms with Crippen LogP contribution in [0.25, 0.3) is 0 Å². The van der Waals surface area contributed by atoms with Gasteiger partial charge in [-0.25, -0.2) is 0 Å². The van der Waals surface area contributed by atoms with Gasteiger partial charge in [0.25, 0.3) is 0 Å². The van der Waals surface area contributed by atoms with Gasteiger partial charge in [0, 0.05) is 0 Å². The van der Waals surface area contributed by atoms with Crippen molar-refractivity contribution in [2.45, 2.75) is 0 Å². The van der Waals surface area contributed by atoms with E-state index in [4.69, 9.17) is 25.5 Å². The molecule has 0 aliphatic carbocycles. The summed E-state index contributed by atoms with van der Waals surface area (Å²) in [6.45, 7) is -1.62. The molecule has 0 aliphatic heterocycles. The minimum Gasteiger partial charge on any atom is -0.481 e. The molecule has 0 rings (SSSR count). The molecule has 11 heteroatoms. The number of thiol groups is 1. The van der Waals surface area contributed by atoms with E-state index in [1.807, 2.05) is 0 Å². The van der Waals surface area contributed by atoms with Gasteiger partial charge >= 0.3 is 5.97 Å². The number of rotatable bonds is 5. The molecule has 0 aromatic rings. The third kappa shape index (κ3) is 19.2. The van der Waals surface area contributed by atoms with Gasteiger partial charge in [0.1, 0.15) is 0 Å². The molecule has 0 atom stereocenters. The fourth-order valence-corrected chi connectivity index (χ4v) is 0.300. The van der Waals surface area contributed by atoms with Gasteiger partial charge in [-0.2, -0.15) is 12.6 Å².